The Balaban J connectivity index is 0.00000408. The van der Waals surface area contributed by atoms with Crippen molar-refractivity contribution >= 4 is 17.1 Å². The van der Waals surface area contributed by atoms with Gasteiger partial charge in [0.15, 0.2) is 5.82 Å². The first-order valence-corrected chi connectivity index (χ1v) is 9.97. The summed E-state index contributed by atoms with van der Waals surface area (Å²) in [5.41, 5.74) is 2.12. The van der Waals surface area contributed by atoms with Gasteiger partial charge in [-0.2, -0.15) is 0 Å². The molecule has 0 bridgehead atoms. The van der Waals surface area contributed by atoms with Crippen molar-refractivity contribution < 1.29 is 80.3 Å². The van der Waals surface area contributed by atoms with Crippen LogP contribution in [-0.4, -0.2) is 48.6 Å². The van der Waals surface area contributed by atoms with Gasteiger partial charge in [0, 0.05) is 31.4 Å². The van der Waals surface area contributed by atoms with E-state index in [0.29, 0.717) is 28.1 Å². The molecule has 0 aliphatic carbocycles. The number of carboxylic acids is 1. The van der Waals surface area contributed by atoms with Crippen molar-refractivity contribution in [3.8, 4) is 0 Å². The molecule has 2 atom stereocenters. The van der Waals surface area contributed by atoms with E-state index in [2.05, 4.69) is 15.5 Å². The Morgan fingerprint density at radius 3 is 2.03 bits per heavy atom. The van der Waals surface area contributed by atoms with Crippen LogP contribution < -0.4 is 56.5 Å². The van der Waals surface area contributed by atoms with Gasteiger partial charge in [0.2, 0.25) is 0 Å². The zero-order valence-electron chi connectivity index (χ0n) is 18.6. The summed E-state index contributed by atoms with van der Waals surface area (Å²) in [6.07, 6.45) is -0.473. The normalized spacial score (nSPS) is 12.7. The van der Waals surface area contributed by atoms with Crippen molar-refractivity contribution in [2.24, 2.45) is 7.05 Å². The van der Waals surface area contributed by atoms with Crippen LogP contribution in [0.3, 0.4) is 0 Å². The van der Waals surface area contributed by atoms with Crippen LogP contribution in [0.4, 0.5) is 8.78 Å². The van der Waals surface area contributed by atoms with E-state index >= 15 is 0 Å². The summed E-state index contributed by atoms with van der Waals surface area (Å²) in [6, 6.07) is 11.3. The second-order valence-electron chi connectivity index (χ2n) is 7.32. The van der Waals surface area contributed by atoms with Gasteiger partial charge in [-0.05, 0) is 51.4 Å². The van der Waals surface area contributed by atoms with Gasteiger partial charge >= 0.3 is 51.4 Å². The van der Waals surface area contributed by atoms with Crippen LogP contribution in [0, 0.1) is 11.6 Å². The number of aliphatic hydroxyl groups excluding tert-OH is 2. The summed E-state index contributed by atoms with van der Waals surface area (Å²) < 4.78 is 28.6. The average Bonchev–Trinajstić information content (AvgIpc) is 3.18. The number of hydrogen-bond acceptors (Lipinski definition) is 7. The Morgan fingerprint density at radius 2 is 1.59 bits per heavy atom. The summed E-state index contributed by atoms with van der Waals surface area (Å²) in [6.45, 7) is 0. The van der Waals surface area contributed by atoms with E-state index in [0.717, 1.165) is 0 Å². The number of halogens is 2. The quantitative estimate of drug-likeness (QED) is 0.267. The fraction of sp³-hybridized carbons (Fsp3) is 0.217. The Kier molecular flexibility index (Phi) is 10.8. The van der Waals surface area contributed by atoms with Crippen LogP contribution in [0.2, 0.25) is 0 Å². The molecular weight excluding hydrogens is 473 g/mol. The topological polar surface area (TPSA) is 124 Å². The van der Waals surface area contributed by atoms with Crippen LogP contribution in [0.25, 0.3) is 11.1 Å². The van der Waals surface area contributed by atoms with Crippen molar-refractivity contribution in [1.82, 2.24) is 20.2 Å². The summed E-state index contributed by atoms with van der Waals surface area (Å²) in [5, 5.41) is 42.2. The number of aryl methyl sites for hydroxylation is 1. The number of carbonyl (C=O) groups is 1. The first kappa shape index (κ1) is 28.1. The molecule has 0 aliphatic heterocycles. The summed E-state index contributed by atoms with van der Waals surface area (Å²) in [7, 11) is 1.61. The molecule has 0 aliphatic rings. The van der Waals surface area contributed by atoms with Crippen molar-refractivity contribution in [2.75, 3.05) is 0 Å². The smallest absolute Gasteiger partial charge is 0.550 e. The molecule has 0 saturated heterocycles. The van der Waals surface area contributed by atoms with E-state index in [4.69, 9.17) is 0 Å². The third kappa shape index (κ3) is 7.70. The number of rotatable bonds is 9. The SMILES string of the molecule is Cn1nnnc1C(/C=C/[C@H](O)C[C@H](O)CC(=O)[O-])=C(c1ccc(F)cc1)c1ccc(F)cc1.[K+]. The number of tetrazole rings is 1. The van der Waals surface area contributed by atoms with Crippen molar-refractivity contribution in [2.45, 2.75) is 25.0 Å². The maximum absolute atomic E-state index is 13.6. The number of benzene rings is 2. The molecule has 34 heavy (non-hydrogen) atoms. The molecule has 0 saturated carbocycles. The van der Waals surface area contributed by atoms with Crippen molar-refractivity contribution in [3.63, 3.8) is 0 Å². The number of carbonyl (C=O) groups excluding carboxylic acids is 1. The maximum Gasteiger partial charge on any atom is 1.00 e. The molecule has 3 rings (SSSR count). The predicted molar refractivity (Wildman–Crippen MR) is 113 cm³/mol. The van der Waals surface area contributed by atoms with Gasteiger partial charge in [-0.25, -0.2) is 13.5 Å². The molecule has 0 fully saturated rings. The minimum absolute atomic E-state index is 0. The third-order valence-corrected chi connectivity index (χ3v) is 4.80. The average molecular weight is 495 g/mol. The first-order chi connectivity index (χ1) is 15.7. The van der Waals surface area contributed by atoms with Crippen LogP contribution in [-0.2, 0) is 11.8 Å². The Morgan fingerprint density at radius 1 is 1.06 bits per heavy atom. The van der Waals surface area contributed by atoms with E-state index < -0.39 is 36.2 Å². The van der Waals surface area contributed by atoms with Crippen LogP contribution in [0.5, 0.6) is 0 Å². The molecule has 3 aromatic rings. The monoisotopic (exact) mass is 494 g/mol. The summed E-state index contributed by atoms with van der Waals surface area (Å²) in [5.74, 6) is -2.00. The fourth-order valence-corrected chi connectivity index (χ4v) is 3.28. The van der Waals surface area contributed by atoms with Gasteiger partial charge in [-0.15, -0.1) is 5.10 Å². The van der Waals surface area contributed by atoms with Crippen LogP contribution in [0.1, 0.15) is 29.8 Å². The second kappa shape index (κ2) is 13.1. The van der Waals surface area contributed by atoms with Crippen LogP contribution >= 0.6 is 0 Å². The molecule has 172 valence electrons. The largest absolute Gasteiger partial charge is 1.00 e. The molecule has 8 nitrogen and oxygen atoms in total. The molecule has 2 N–H and O–H groups in total. The molecular formula is C23H21F2KN4O4. The number of hydrogen-bond donors (Lipinski definition) is 2. The summed E-state index contributed by atoms with van der Waals surface area (Å²) >= 11 is 0. The fourth-order valence-electron chi connectivity index (χ4n) is 3.28. The molecule has 2 aromatic carbocycles. The first-order valence-electron chi connectivity index (χ1n) is 9.97. The number of aromatic nitrogens is 4. The Labute approximate surface area is 237 Å². The van der Waals surface area contributed by atoms with Gasteiger partial charge < -0.3 is 20.1 Å². The van der Waals surface area contributed by atoms with E-state index in [1.54, 1.807) is 31.3 Å². The van der Waals surface area contributed by atoms with E-state index in [9.17, 15) is 28.9 Å². The number of allylic oxidation sites excluding steroid dienone is 2. The Hall–Kier alpha value is -2.12. The zero-order valence-corrected chi connectivity index (χ0v) is 21.7. The van der Waals surface area contributed by atoms with Gasteiger partial charge in [-0.1, -0.05) is 36.4 Å². The second-order valence-corrected chi connectivity index (χ2v) is 7.32. The number of carboxylic acid groups (broad SMARTS) is 1. The zero-order chi connectivity index (χ0) is 24.0. The molecule has 0 amide bonds. The number of aliphatic carboxylic acids is 1. The van der Waals surface area contributed by atoms with Crippen molar-refractivity contribution in [3.05, 3.63) is 89.3 Å². The van der Waals surface area contributed by atoms with E-state index in [-0.39, 0.29) is 57.8 Å². The van der Waals surface area contributed by atoms with Gasteiger partial charge in [0.1, 0.15) is 11.6 Å². The van der Waals surface area contributed by atoms with Crippen LogP contribution in [0.15, 0.2) is 60.7 Å². The Bertz CT molecular complexity index is 1120. The summed E-state index contributed by atoms with van der Waals surface area (Å²) in [4.78, 5) is 10.6. The molecule has 0 radical (unpaired) electrons. The molecule has 1 aromatic heterocycles. The maximum atomic E-state index is 13.6. The molecule has 1 heterocycles. The van der Waals surface area contributed by atoms with E-state index in [1.807, 2.05) is 0 Å². The standard InChI is InChI=1S/C23H22F2N4O4.K/c1-29-23(26-27-28-29)20(11-10-18(30)12-19(31)13-21(32)33)22(14-2-6-16(24)7-3-14)15-4-8-17(25)9-5-15;/h2-11,18-19,30-31H,12-13H2,1H3,(H,32,33);/q;+1/p-1/b11-10+;/t18-,19-;/m0./s1. The predicted octanol–water partition coefficient (Wildman–Crippen LogP) is -1.74. The van der Waals surface area contributed by atoms with Gasteiger partial charge in [-0.3, -0.25) is 0 Å². The van der Waals surface area contributed by atoms with Crippen molar-refractivity contribution in [1.29, 1.82) is 0 Å². The minimum atomic E-state index is -1.43. The molecule has 11 heteroatoms. The molecule has 0 spiro atoms. The molecule has 0 unspecified atom stereocenters. The third-order valence-electron chi connectivity index (χ3n) is 4.80. The number of nitrogens with zero attached hydrogens (tertiary/aromatic N) is 4. The van der Waals surface area contributed by atoms with E-state index in [1.165, 1.54) is 41.1 Å². The number of aliphatic hydroxyl groups is 2. The van der Waals surface area contributed by atoms with Gasteiger partial charge in [0.05, 0.1) is 12.2 Å². The minimum Gasteiger partial charge on any atom is -0.550 e. The van der Waals surface area contributed by atoms with Gasteiger partial charge in [0.25, 0.3) is 0 Å².